The number of nitrogens with two attached hydrogens (primary N) is 1. The Labute approximate surface area is 159 Å². The third-order valence-electron chi connectivity index (χ3n) is 5.13. The first-order chi connectivity index (χ1) is 12.2. The quantitative estimate of drug-likeness (QED) is 0.806. The van der Waals surface area contributed by atoms with Crippen molar-refractivity contribution in [3.05, 3.63) is 40.9 Å². The first-order valence-electron chi connectivity index (χ1n) is 9.12. The molecule has 1 unspecified atom stereocenters. The lowest BCUT2D eigenvalue weighted by molar-refractivity contribution is -0.122. The van der Waals surface area contributed by atoms with Gasteiger partial charge in [-0.15, -0.1) is 12.4 Å². The Hall–Kier alpha value is -1.92. The van der Waals surface area contributed by atoms with Crippen LogP contribution in [-0.4, -0.2) is 28.0 Å². The van der Waals surface area contributed by atoms with Gasteiger partial charge in [0.15, 0.2) is 0 Å². The largest absolute Gasteiger partial charge is 0.352 e. The smallest absolute Gasteiger partial charge is 0.261 e. The highest BCUT2D eigenvalue weighted by Crippen LogP contribution is 2.26. The topological polar surface area (TPSA) is 90.0 Å². The van der Waals surface area contributed by atoms with Crippen LogP contribution >= 0.6 is 12.4 Å². The van der Waals surface area contributed by atoms with Crippen LogP contribution in [0.25, 0.3) is 10.9 Å². The molecule has 1 aliphatic rings. The number of amides is 1. The number of para-hydroxylation sites is 1. The van der Waals surface area contributed by atoms with Gasteiger partial charge in [-0.3, -0.25) is 14.2 Å². The first kappa shape index (κ1) is 20.4. The number of carbonyl (C=O) groups is 1. The van der Waals surface area contributed by atoms with Crippen LogP contribution in [0.3, 0.4) is 0 Å². The van der Waals surface area contributed by atoms with Crippen LogP contribution in [0.4, 0.5) is 0 Å². The summed E-state index contributed by atoms with van der Waals surface area (Å²) in [5.41, 5.74) is 6.43. The second-order valence-corrected chi connectivity index (χ2v) is 6.82. The minimum atomic E-state index is -0.110. The van der Waals surface area contributed by atoms with Crippen LogP contribution < -0.4 is 16.6 Å². The second-order valence-electron chi connectivity index (χ2n) is 6.82. The molecule has 1 aromatic carbocycles. The summed E-state index contributed by atoms with van der Waals surface area (Å²) in [5, 5.41) is 3.64. The maximum absolute atomic E-state index is 12.4. The number of halogens is 1. The normalized spacial score (nSPS) is 16.0. The highest BCUT2D eigenvalue weighted by molar-refractivity contribution is 5.85. The predicted octanol–water partition coefficient (Wildman–Crippen LogP) is 2.23. The average Bonchev–Trinajstić information content (AvgIpc) is 2.66. The first-order valence-corrected chi connectivity index (χ1v) is 9.12. The summed E-state index contributed by atoms with van der Waals surface area (Å²) in [6.07, 6.45) is 7.75. The molecule has 2 aromatic rings. The van der Waals surface area contributed by atoms with Gasteiger partial charge >= 0.3 is 0 Å². The fourth-order valence-corrected chi connectivity index (χ4v) is 3.67. The molecule has 6 nitrogen and oxygen atoms in total. The van der Waals surface area contributed by atoms with Gasteiger partial charge in [0.2, 0.25) is 5.91 Å². The molecule has 0 saturated heterocycles. The van der Waals surface area contributed by atoms with Gasteiger partial charge in [-0.05, 0) is 30.9 Å². The molecule has 26 heavy (non-hydrogen) atoms. The highest BCUT2D eigenvalue weighted by Gasteiger charge is 2.23. The second kappa shape index (κ2) is 9.69. The van der Waals surface area contributed by atoms with E-state index < -0.39 is 0 Å². The number of hydrogen-bond donors (Lipinski definition) is 2. The van der Waals surface area contributed by atoms with E-state index in [1.54, 1.807) is 6.07 Å². The Morgan fingerprint density at radius 3 is 2.73 bits per heavy atom. The van der Waals surface area contributed by atoms with Crippen LogP contribution in [-0.2, 0) is 11.3 Å². The zero-order valence-corrected chi connectivity index (χ0v) is 15.7. The lowest BCUT2D eigenvalue weighted by atomic mass is 9.84. The van der Waals surface area contributed by atoms with Gasteiger partial charge in [-0.25, -0.2) is 4.98 Å². The number of benzene rings is 1. The Kier molecular flexibility index (Phi) is 7.60. The van der Waals surface area contributed by atoms with E-state index >= 15 is 0 Å². The van der Waals surface area contributed by atoms with E-state index in [0.29, 0.717) is 29.9 Å². The van der Waals surface area contributed by atoms with Gasteiger partial charge in [-0.2, -0.15) is 0 Å². The minimum absolute atomic E-state index is 0. The minimum Gasteiger partial charge on any atom is -0.352 e. The molecule has 1 saturated carbocycles. The van der Waals surface area contributed by atoms with E-state index in [9.17, 15) is 9.59 Å². The number of fused-ring (bicyclic) bond motifs is 1. The van der Waals surface area contributed by atoms with Crippen LogP contribution in [0.5, 0.6) is 0 Å². The van der Waals surface area contributed by atoms with Crippen molar-refractivity contribution in [2.24, 2.45) is 11.7 Å². The van der Waals surface area contributed by atoms with E-state index in [0.717, 1.165) is 12.8 Å². The van der Waals surface area contributed by atoms with Crippen LogP contribution in [0.15, 0.2) is 35.4 Å². The molecule has 1 aromatic heterocycles. The Bertz CT molecular complexity index is 786. The summed E-state index contributed by atoms with van der Waals surface area (Å²) in [5.74, 6) is 0.425. The van der Waals surface area contributed by atoms with Crippen molar-refractivity contribution in [1.82, 2.24) is 14.9 Å². The van der Waals surface area contributed by atoms with Crippen molar-refractivity contribution < 1.29 is 4.79 Å². The van der Waals surface area contributed by atoms with Crippen LogP contribution in [0.1, 0.15) is 38.5 Å². The fraction of sp³-hybridized carbons (Fsp3) is 0.526. The molecule has 3 N–H and O–H groups in total. The summed E-state index contributed by atoms with van der Waals surface area (Å²) in [4.78, 5) is 29.0. The summed E-state index contributed by atoms with van der Waals surface area (Å²) in [7, 11) is 0. The molecule has 0 bridgehead atoms. The van der Waals surface area contributed by atoms with Crippen molar-refractivity contribution in [2.45, 2.75) is 51.1 Å². The molecule has 142 valence electrons. The molecule has 0 aliphatic heterocycles. The van der Waals surface area contributed by atoms with Gasteiger partial charge < -0.3 is 11.1 Å². The lowest BCUT2D eigenvalue weighted by Gasteiger charge is -2.30. The van der Waals surface area contributed by atoms with Gasteiger partial charge in [0, 0.05) is 25.6 Å². The summed E-state index contributed by atoms with van der Waals surface area (Å²) >= 11 is 0. The van der Waals surface area contributed by atoms with Crippen LogP contribution in [0, 0.1) is 5.92 Å². The van der Waals surface area contributed by atoms with E-state index in [2.05, 4.69) is 10.3 Å². The SMILES string of the molecule is Cl.NCC(NC(=O)CCn1cnc2ccccc2c1=O)C1CCCCC1. The zero-order chi connectivity index (χ0) is 17.6. The molecule has 1 aliphatic carbocycles. The van der Waals surface area contributed by atoms with E-state index in [1.807, 2.05) is 18.2 Å². The number of nitrogens with one attached hydrogen (secondary N) is 1. The maximum atomic E-state index is 12.4. The third-order valence-corrected chi connectivity index (χ3v) is 5.13. The van der Waals surface area contributed by atoms with Crippen molar-refractivity contribution in [3.8, 4) is 0 Å². The summed E-state index contributed by atoms with van der Waals surface area (Å²) in [6, 6.07) is 7.28. The fourth-order valence-electron chi connectivity index (χ4n) is 3.67. The molecular formula is C19H27ClN4O2. The number of hydrogen-bond acceptors (Lipinski definition) is 4. The molecule has 1 atom stereocenters. The monoisotopic (exact) mass is 378 g/mol. The van der Waals surface area contributed by atoms with E-state index in [1.165, 1.54) is 30.2 Å². The number of aromatic nitrogens is 2. The molecule has 1 fully saturated rings. The number of carbonyl (C=O) groups excluding carboxylic acids is 1. The van der Waals surface area contributed by atoms with Gasteiger partial charge in [0.25, 0.3) is 5.56 Å². The molecule has 0 radical (unpaired) electrons. The van der Waals surface area contributed by atoms with Crippen molar-refractivity contribution >= 4 is 29.2 Å². The Morgan fingerprint density at radius 1 is 1.27 bits per heavy atom. The highest BCUT2D eigenvalue weighted by atomic mass is 35.5. The molecule has 7 heteroatoms. The van der Waals surface area contributed by atoms with Gasteiger partial charge in [-0.1, -0.05) is 31.4 Å². The zero-order valence-electron chi connectivity index (χ0n) is 14.9. The maximum Gasteiger partial charge on any atom is 0.261 e. The van der Waals surface area contributed by atoms with Crippen molar-refractivity contribution in [2.75, 3.05) is 6.54 Å². The Balaban J connectivity index is 0.00000243. The molecule has 3 rings (SSSR count). The number of rotatable bonds is 6. The molecule has 1 amide bonds. The Morgan fingerprint density at radius 2 is 2.00 bits per heavy atom. The van der Waals surface area contributed by atoms with E-state index in [-0.39, 0.29) is 36.3 Å². The lowest BCUT2D eigenvalue weighted by Crippen LogP contribution is -2.46. The predicted molar refractivity (Wildman–Crippen MR) is 105 cm³/mol. The average molecular weight is 379 g/mol. The van der Waals surface area contributed by atoms with Crippen LogP contribution in [0.2, 0.25) is 0 Å². The van der Waals surface area contributed by atoms with Crippen molar-refractivity contribution in [1.29, 1.82) is 0 Å². The van der Waals surface area contributed by atoms with E-state index in [4.69, 9.17) is 5.73 Å². The third kappa shape index (κ3) is 4.83. The van der Waals surface area contributed by atoms with Gasteiger partial charge in [0.1, 0.15) is 0 Å². The summed E-state index contributed by atoms with van der Waals surface area (Å²) in [6.45, 7) is 0.790. The number of nitrogens with zero attached hydrogens (tertiary/aromatic N) is 2. The van der Waals surface area contributed by atoms with Crippen molar-refractivity contribution in [3.63, 3.8) is 0 Å². The molecular weight excluding hydrogens is 352 g/mol. The molecule has 0 spiro atoms. The summed E-state index contributed by atoms with van der Waals surface area (Å²) < 4.78 is 1.50. The van der Waals surface area contributed by atoms with Gasteiger partial charge in [0.05, 0.1) is 17.2 Å². The molecule has 1 heterocycles. The number of aryl methyl sites for hydroxylation is 1. The standard InChI is InChI=1S/C19H26N4O2.ClH/c20-12-17(14-6-2-1-3-7-14)22-18(24)10-11-23-13-21-16-9-5-4-8-15(16)19(23)25;/h4-5,8-9,13-14,17H,1-3,6-7,10-12,20H2,(H,22,24);1H.